The number of aliphatic hydroxyl groups is 2. The minimum absolute atomic E-state index is 0.0665. The molecule has 0 aliphatic heterocycles. The van der Waals surface area contributed by atoms with E-state index in [1.165, 1.54) is 19.3 Å². The van der Waals surface area contributed by atoms with E-state index in [2.05, 4.69) is 25.8 Å². The molecule has 1 aromatic heterocycles. The highest BCUT2D eigenvalue weighted by atomic mass is 16.5. The van der Waals surface area contributed by atoms with Crippen molar-refractivity contribution in [1.82, 2.24) is 4.98 Å². The first-order valence-corrected chi connectivity index (χ1v) is 15.0. The summed E-state index contributed by atoms with van der Waals surface area (Å²) >= 11 is 0. The maximum absolute atomic E-state index is 12.7. The monoisotopic (exact) mass is 523 g/mol. The number of aryl methyl sites for hydroxylation is 1. The van der Waals surface area contributed by atoms with E-state index in [4.69, 9.17) is 9.15 Å². The summed E-state index contributed by atoms with van der Waals surface area (Å²) in [7, 11) is 1.55. The number of fused-ring (bicyclic) bond motifs is 6. The van der Waals surface area contributed by atoms with Crippen molar-refractivity contribution in [3.8, 4) is 5.75 Å². The van der Waals surface area contributed by atoms with Gasteiger partial charge in [-0.15, -0.1) is 0 Å². The molecule has 10 atom stereocenters. The lowest BCUT2D eigenvalue weighted by atomic mass is 9.43. The molecule has 6 heteroatoms. The van der Waals surface area contributed by atoms with Gasteiger partial charge in [-0.3, -0.25) is 0 Å². The summed E-state index contributed by atoms with van der Waals surface area (Å²) in [6.07, 6.45) is 9.81. The van der Waals surface area contributed by atoms with Gasteiger partial charge in [0, 0.05) is 6.42 Å². The summed E-state index contributed by atoms with van der Waals surface area (Å²) in [6.45, 7) is 7.18. The zero-order valence-electron chi connectivity index (χ0n) is 23.5. The van der Waals surface area contributed by atoms with E-state index in [9.17, 15) is 15.0 Å². The molecule has 4 fully saturated rings. The molecular formula is C32H45NO5. The average Bonchev–Trinajstić information content (AvgIpc) is 3.26. The van der Waals surface area contributed by atoms with Crippen LogP contribution in [0.3, 0.4) is 0 Å². The van der Waals surface area contributed by atoms with Gasteiger partial charge < -0.3 is 19.4 Å². The van der Waals surface area contributed by atoms with Gasteiger partial charge >= 0.3 is 5.63 Å². The van der Waals surface area contributed by atoms with Crippen molar-refractivity contribution in [2.24, 2.45) is 46.3 Å². The van der Waals surface area contributed by atoms with Crippen LogP contribution in [0.1, 0.15) is 84.4 Å². The minimum Gasteiger partial charge on any atom is -0.496 e. The lowest BCUT2D eigenvalue weighted by Gasteiger charge is -2.62. The van der Waals surface area contributed by atoms with Crippen molar-refractivity contribution < 1.29 is 19.4 Å². The second kappa shape index (κ2) is 9.62. The van der Waals surface area contributed by atoms with Gasteiger partial charge in [0.1, 0.15) is 11.1 Å². The van der Waals surface area contributed by atoms with Crippen molar-refractivity contribution in [2.75, 3.05) is 7.11 Å². The molecule has 1 heterocycles. The Labute approximate surface area is 226 Å². The maximum atomic E-state index is 12.7. The summed E-state index contributed by atoms with van der Waals surface area (Å²) < 4.78 is 11.0. The molecule has 0 bridgehead atoms. The predicted octanol–water partition coefficient (Wildman–Crippen LogP) is 5.76. The summed E-state index contributed by atoms with van der Waals surface area (Å²) in [5.41, 5.74) is 0.416. The van der Waals surface area contributed by atoms with Gasteiger partial charge in [0.2, 0.25) is 0 Å². The largest absolute Gasteiger partial charge is 0.496 e. The molecular weight excluding hydrogens is 478 g/mol. The van der Waals surface area contributed by atoms with Crippen molar-refractivity contribution >= 4 is 10.9 Å². The molecule has 1 unspecified atom stereocenters. The number of aliphatic hydroxyl groups excluding tert-OH is 2. The number of hydrogen-bond acceptors (Lipinski definition) is 6. The summed E-state index contributed by atoms with van der Waals surface area (Å²) in [6, 6.07) is 5.44. The Morgan fingerprint density at radius 1 is 1.11 bits per heavy atom. The van der Waals surface area contributed by atoms with E-state index in [0.717, 1.165) is 38.5 Å². The molecule has 4 aliphatic carbocycles. The van der Waals surface area contributed by atoms with Crippen LogP contribution < -0.4 is 10.4 Å². The number of nitrogens with zero attached hydrogens (tertiary/aromatic N) is 1. The van der Waals surface area contributed by atoms with Crippen LogP contribution in [0.4, 0.5) is 0 Å². The molecule has 0 amide bonds. The van der Waals surface area contributed by atoms with Crippen LogP contribution in [0, 0.1) is 46.3 Å². The van der Waals surface area contributed by atoms with Crippen LogP contribution in [0.2, 0.25) is 0 Å². The number of benzene rings is 1. The molecule has 4 saturated carbocycles. The third-order valence-electron chi connectivity index (χ3n) is 12.2. The Hall–Kier alpha value is -1.92. The quantitative estimate of drug-likeness (QED) is 0.518. The standard InChI is InChI=1S/C32H45NO5/c1-18(8-13-28-33-25-6-5-7-26(37-4)29(25)30(36)38-28)22-11-12-23-21-10-9-19-16-20(34)14-15-31(19,2)24(21)17-27(35)32(22,23)3/h5-7,18-24,27,34-35H,8-17H2,1-4H3/t18-,19-,20-,21+,22-,23+,24?,27+,31+,32-/m1/s1. The summed E-state index contributed by atoms with van der Waals surface area (Å²) in [5, 5.41) is 22.5. The van der Waals surface area contributed by atoms with Crippen LogP contribution in [-0.2, 0) is 6.42 Å². The molecule has 6 rings (SSSR count). The molecule has 2 aromatic rings. The fraction of sp³-hybridized carbons (Fsp3) is 0.750. The highest BCUT2D eigenvalue weighted by molar-refractivity contribution is 5.83. The molecule has 1 aromatic carbocycles. The summed E-state index contributed by atoms with van der Waals surface area (Å²) in [4.78, 5) is 17.4. The molecule has 208 valence electrons. The second-order valence-electron chi connectivity index (χ2n) is 13.7. The van der Waals surface area contributed by atoms with Crippen LogP contribution in [0.5, 0.6) is 5.75 Å². The molecule has 2 N–H and O–H groups in total. The molecule has 0 radical (unpaired) electrons. The highest BCUT2D eigenvalue weighted by Gasteiger charge is 2.63. The number of aromatic nitrogens is 1. The van der Waals surface area contributed by atoms with E-state index in [1.807, 2.05) is 12.1 Å². The zero-order chi connectivity index (χ0) is 26.8. The first-order chi connectivity index (χ1) is 18.2. The fourth-order valence-electron chi connectivity index (χ4n) is 10.1. The van der Waals surface area contributed by atoms with Crippen molar-refractivity contribution in [3.05, 3.63) is 34.5 Å². The average molecular weight is 524 g/mol. The van der Waals surface area contributed by atoms with Gasteiger partial charge in [-0.25, -0.2) is 9.78 Å². The highest BCUT2D eigenvalue weighted by Crippen LogP contribution is 2.68. The Balaban J connectivity index is 1.19. The lowest BCUT2D eigenvalue weighted by molar-refractivity contribution is -0.174. The van der Waals surface area contributed by atoms with E-state index in [-0.39, 0.29) is 23.0 Å². The van der Waals surface area contributed by atoms with Crippen molar-refractivity contribution in [3.63, 3.8) is 0 Å². The maximum Gasteiger partial charge on any atom is 0.350 e. The topological polar surface area (TPSA) is 92.8 Å². The normalized spacial score (nSPS) is 41.3. The second-order valence-corrected chi connectivity index (χ2v) is 13.7. The zero-order valence-corrected chi connectivity index (χ0v) is 23.5. The Kier molecular flexibility index (Phi) is 6.66. The van der Waals surface area contributed by atoms with E-state index in [1.54, 1.807) is 13.2 Å². The van der Waals surface area contributed by atoms with Gasteiger partial charge in [-0.2, -0.15) is 0 Å². The lowest BCUT2D eigenvalue weighted by Crippen LogP contribution is -2.58. The van der Waals surface area contributed by atoms with E-state index < -0.39 is 5.63 Å². The Morgan fingerprint density at radius 3 is 2.71 bits per heavy atom. The first-order valence-electron chi connectivity index (χ1n) is 15.0. The molecule has 0 spiro atoms. The van der Waals surface area contributed by atoms with Crippen molar-refractivity contribution in [1.29, 1.82) is 0 Å². The van der Waals surface area contributed by atoms with Gasteiger partial charge in [-0.05, 0) is 116 Å². The van der Waals surface area contributed by atoms with Crippen LogP contribution in [0.25, 0.3) is 10.9 Å². The van der Waals surface area contributed by atoms with Crippen LogP contribution >= 0.6 is 0 Å². The minimum atomic E-state index is -0.393. The van der Waals surface area contributed by atoms with E-state index in [0.29, 0.717) is 64.5 Å². The third kappa shape index (κ3) is 3.96. The van der Waals surface area contributed by atoms with Crippen LogP contribution in [0.15, 0.2) is 27.4 Å². The fourth-order valence-corrected chi connectivity index (χ4v) is 10.1. The van der Waals surface area contributed by atoms with Gasteiger partial charge in [0.15, 0.2) is 5.89 Å². The summed E-state index contributed by atoms with van der Waals surface area (Å²) in [5.74, 6) is 4.26. The molecule has 0 saturated heterocycles. The Morgan fingerprint density at radius 2 is 1.92 bits per heavy atom. The first kappa shape index (κ1) is 26.3. The van der Waals surface area contributed by atoms with Gasteiger partial charge in [0.05, 0.1) is 24.8 Å². The van der Waals surface area contributed by atoms with Crippen molar-refractivity contribution in [2.45, 2.75) is 97.2 Å². The molecule has 38 heavy (non-hydrogen) atoms. The Bertz CT molecular complexity index is 1240. The predicted molar refractivity (Wildman–Crippen MR) is 147 cm³/mol. The molecule has 6 nitrogen and oxygen atoms in total. The smallest absolute Gasteiger partial charge is 0.350 e. The molecule has 4 aliphatic rings. The van der Waals surface area contributed by atoms with Gasteiger partial charge in [-0.1, -0.05) is 26.8 Å². The van der Waals surface area contributed by atoms with E-state index >= 15 is 0 Å². The number of hydrogen-bond donors (Lipinski definition) is 2. The number of ether oxygens (including phenoxy) is 1. The van der Waals surface area contributed by atoms with Crippen LogP contribution in [-0.4, -0.2) is 34.5 Å². The van der Waals surface area contributed by atoms with Gasteiger partial charge in [0.25, 0.3) is 0 Å². The number of rotatable bonds is 5. The third-order valence-corrected chi connectivity index (χ3v) is 12.2. The number of methoxy groups -OCH3 is 1. The SMILES string of the molecule is COc1cccc2nc(CC[C@@H](C)[C@H]3CC[C@H]4[C@@H]5CC[C@@H]6C[C@H](O)CC[C@]6(C)C5C[C@H](O)[C@]34C)oc(=O)c12.